The smallest absolute Gasteiger partial charge is 0.252 e. The Balaban J connectivity index is 0.00000256. The normalized spacial score (nSPS) is 9.71. The van der Waals surface area contributed by atoms with E-state index < -0.39 is 5.91 Å². The zero-order valence-corrected chi connectivity index (χ0v) is 10.8. The summed E-state index contributed by atoms with van der Waals surface area (Å²) in [7, 11) is 0. The molecule has 0 saturated heterocycles. The molecule has 1 aromatic heterocycles. The van der Waals surface area contributed by atoms with Gasteiger partial charge in [-0.05, 0) is 6.42 Å². The first kappa shape index (κ1) is 15.9. The first-order chi connectivity index (χ1) is 7.74. The molecule has 0 aliphatic carbocycles. The lowest BCUT2D eigenvalue weighted by Gasteiger charge is -2.00. The van der Waals surface area contributed by atoms with Gasteiger partial charge in [-0.25, -0.2) is 0 Å². The van der Waals surface area contributed by atoms with Gasteiger partial charge in [0.15, 0.2) is 12.4 Å². The molecular weight excluding hydrogens is 240 g/mol. The molecule has 0 spiro atoms. The molecule has 0 bridgehead atoms. The minimum Gasteiger partial charge on any atom is -1.00 e. The fourth-order valence-corrected chi connectivity index (χ4v) is 1.33. The van der Waals surface area contributed by atoms with Gasteiger partial charge in [0, 0.05) is 12.1 Å². The molecule has 0 saturated carbocycles. The second kappa shape index (κ2) is 8.96. The molecule has 0 radical (unpaired) electrons. The van der Waals surface area contributed by atoms with Gasteiger partial charge in [-0.2, -0.15) is 4.57 Å². The summed E-state index contributed by atoms with van der Waals surface area (Å²) < 4.78 is 7.34. The first-order valence-electron chi connectivity index (χ1n) is 5.60. The number of ether oxygens (including phenoxy) is 1. The number of nitrogens with zero attached hydrogens (tertiary/aromatic N) is 1. The number of rotatable bonds is 7. The molecule has 0 fully saturated rings. The summed E-state index contributed by atoms with van der Waals surface area (Å²) in [6.07, 6.45) is 7.07. The van der Waals surface area contributed by atoms with Gasteiger partial charge in [0.2, 0.25) is 5.91 Å². The van der Waals surface area contributed by atoms with E-state index in [-0.39, 0.29) is 12.4 Å². The van der Waals surface area contributed by atoms with Crippen molar-refractivity contribution in [3.8, 4) is 0 Å². The molecule has 2 N–H and O–H groups in total. The standard InChI is InChI=1S/C12H18N2O2.ClH/c1-2-3-4-9-16-10-14-7-5-11(6-8-14)12(13)15;/h5-8H,2-4,9-10H2,1H3,(H-,13,15);1H. The van der Waals surface area contributed by atoms with Crippen molar-refractivity contribution >= 4 is 5.91 Å². The van der Waals surface area contributed by atoms with Crippen LogP contribution in [-0.4, -0.2) is 12.5 Å². The average Bonchev–Trinajstić information content (AvgIpc) is 2.29. The zero-order valence-electron chi connectivity index (χ0n) is 10.1. The number of carbonyl (C=O) groups excluding carboxylic acids is 1. The number of halogens is 1. The van der Waals surface area contributed by atoms with Crippen molar-refractivity contribution in [2.75, 3.05) is 6.61 Å². The number of unbranched alkanes of at least 4 members (excludes halogenated alkanes) is 2. The third kappa shape index (κ3) is 6.24. The van der Waals surface area contributed by atoms with Crippen molar-refractivity contribution in [1.29, 1.82) is 0 Å². The third-order valence-electron chi connectivity index (χ3n) is 2.31. The topological polar surface area (TPSA) is 56.2 Å². The Morgan fingerprint density at radius 2 is 2.00 bits per heavy atom. The minimum atomic E-state index is -0.406. The van der Waals surface area contributed by atoms with Crippen LogP contribution in [0, 0.1) is 0 Å². The van der Waals surface area contributed by atoms with Crippen LogP contribution in [0.3, 0.4) is 0 Å². The van der Waals surface area contributed by atoms with Gasteiger partial charge in [0.25, 0.3) is 6.73 Å². The van der Waals surface area contributed by atoms with E-state index in [9.17, 15) is 4.79 Å². The number of hydrogen-bond donors (Lipinski definition) is 1. The van der Waals surface area contributed by atoms with Crippen molar-refractivity contribution in [2.45, 2.75) is 32.9 Å². The summed E-state index contributed by atoms with van der Waals surface area (Å²) in [4.78, 5) is 10.8. The Labute approximate surface area is 108 Å². The summed E-state index contributed by atoms with van der Waals surface area (Å²) in [6, 6.07) is 3.38. The molecule has 1 heterocycles. The SMILES string of the molecule is CCCCCOC[n+]1ccc(C(N)=O)cc1.[Cl-]. The highest BCUT2D eigenvalue weighted by atomic mass is 35.5. The highest BCUT2D eigenvalue weighted by molar-refractivity contribution is 5.92. The maximum absolute atomic E-state index is 10.8. The van der Waals surface area contributed by atoms with Crippen molar-refractivity contribution in [3.05, 3.63) is 30.1 Å². The molecule has 1 aromatic rings. The molecule has 96 valence electrons. The van der Waals surface area contributed by atoms with Crippen LogP contribution in [0.2, 0.25) is 0 Å². The van der Waals surface area contributed by atoms with Crippen LogP contribution in [0.4, 0.5) is 0 Å². The van der Waals surface area contributed by atoms with Crippen molar-refractivity contribution < 1.29 is 26.5 Å². The summed E-state index contributed by atoms with van der Waals surface area (Å²) in [5.74, 6) is -0.406. The van der Waals surface area contributed by atoms with Crippen molar-refractivity contribution in [3.63, 3.8) is 0 Å². The maximum atomic E-state index is 10.8. The number of pyridine rings is 1. The number of nitrogens with two attached hydrogens (primary N) is 1. The van der Waals surface area contributed by atoms with E-state index in [1.165, 1.54) is 12.8 Å². The zero-order chi connectivity index (χ0) is 11.8. The lowest BCUT2D eigenvalue weighted by molar-refractivity contribution is -0.732. The molecule has 1 rings (SSSR count). The number of aromatic nitrogens is 1. The summed E-state index contributed by atoms with van der Waals surface area (Å²) in [5.41, 5.74) is 5.66. The van der Waals surface area contributed by atoms with E-state index in [4.69, 9.17) is 10.5 Å². The molecular formula is C12H19ClN2O2. The summed E-state index contributed by atoms with van der Waals surface area (Å²) >= 11 is 0. The molecule has 4 nitrogen and oxygen atoms in total. The van der Waals surface area contributed by atoms with Crippen LogP contribution < -0.4 is 22.7 Å². The van der Waals surface area contributed by atoms with E-state index in [2.05, 4.69) is 6.92 Å². The molecule has 0 aliphatic heterocycles. The van der Waals surface area contributed by atoms with Gasteiger partial charge >= 0.3 is 0 Å². The summed E-state index contributed by atoms with van der Waals surface area (Å²) in [6.45, 7) is 3.46. The van der Waals surface area contributed by atoms with Gasteiger partial charge in [0.1, 0.15) is 0 Å². The number of primary amides is 1. The molecule has 1 amide bonds. The first-order valence-corrected chi connectivity index (χ1v) is 5.60. The Bertz CT molecular complexity index is 328. The van der Waals surface area contributed by atoms with E-state index in [0.717, 1.165) is 13.0 Å². The molecule has 17 heavy (non-hydrogen) atoms. The second-order valence-corrected chi connectivity index (χ2v) is 3.71. The van der Waals surface area contributed by atoms with E-state index >= 15 is 0 Å². The largest absolute Gasteiger partial charge is 1.00 e. The van der Waals surface area contributed by atoms with E-state index in [1.807, 2.05) is 4.57 Å². The molecule has 0 aromatic carbocycles. The number of amides is 1. The average molecular weight is 259 g/mol. The van der Waals surface area contributed by atoms with Gasteiger partial charge < -0.3 is 22.9 Å². The summed E-state index contributed by atoms with van der Waals surface area (Å²) in [5, 5.41) is 0. The predicted octanol–water partition coefficient (Wildman–Crippen LogP) is -1.76. The molecule has 0 aliphatic rings. The fourth-order valence-electron chi connectivity index (χ4n) is 1.33. The van der Waals surface area contributed by atoms with Gasteiger partial charge in [-0.15, -0.1) is 0 Å². The van der Waals surface area contributed by atoms with Crippen molar-refractivity contribution in [1.82, 2.24) is 0 Å². The Kier molecular flexibility index (Phi) is 8.36. The predicted molar refractivity (Wildman–Crippen MR) is 60.6 cm³/mol. The van der Waals surface area contributed by atoms with Crippen molar-refractivity contribution in [2.24, 2.45) is 5.73 Å². The molecule has 0 unspecified atom stereocenters. The molecule has 5 heteroatoms. The number of carbonyl (C=O) groups is 1. The fraction of sp³-hybridized carbons (Fsp3) is 0.500. The molecule has 0 atom stereocenters. The van der Waals surface area contributed by atoms with Crippen LogP contribution in [-0.2, 0) is 11.5 Å². The third-order valence-corrected chi connectivity index (χ3v) is 2.31. The quantitative estimate of drug-likeness (QED) is 0.466. The van der Waals surface area contributed by atoms with Crippen LogP contribution in [0.15, 0.2) is 24.5 Å². The van der Waals surface area contributed by atoms with Gasteiger partial charge in [0.05, 0.1) is 12.2 Å². The highest BCUT2D eigenvalue weighted by Crippen LogP contribution is 1.95. The lowest BCUT2D eigenvalue weighted by atomic mass is 10.2. The Morgan fingerprint density at radius 1 is 1.35 bits per heavy atom. The van der Waals surface area contributed by atoms with E-state index in [1.54, 1.807) is 24.5 Å². The number of hydrogen-bond acceptors (Lipinski definition) is 2. The minimum absolute atomic E-state index is 0. The Morgan fingerprint density at radius 3 is 2.53 bits per heavy atom. The monoisotopic (exact) mass is 258 g/mol. The van der Waals surface area contributed by atoms with Crippen LogP contribution in [0.5, 0.6) is 0 Å². The highest BCUT2D eigenvalue weighted by Gasteiger charge is 2.03. The Hall–Kier alpha value is -1.13. The van der Waals surface area contributed by atoms with E-state index in [0.29, 0.717) is 12.3 Å². The van der Waals surface area contributed by atoms with Crippen LogP contribution in [0.1, 0.15) is 36.5 Å². The second-order valence-electron chi connectivity index (χ2n) is 3.71. The lowest BCUT2D eigenvalue weighted by Crippen LogP contribution is -3.00. The maximum Gasteiger partial charge on any atom is 0.252 e. The van der Waals surface area contributed by atoms with Crippen LogP contribution in [0.25, 0.3) is 0 Å². The van der Waals surface area contributed by atoms with Crippen LogP contribution >= 0.6 is 0 Å². The van der Waals surface area contributed by atoms with Gasteiger partial charge in [-0.3, -0.25) is 4.79 Å². The van der Waals surface area contributed by atoms with Gasteiger partial charge in [-0.1, -0.05) is 19.8 Å².